The Labute approximate surface area is 72.7 Å². The van der Waals surface area contributed by atoms with Gasteiger partial charge in [-0.1, -0.05) is 0 Å². The fourth-order valence-electron chi connectivity index (χ4n) is 0.770. The maximum atomic E-state index is 10.8. The first-order chi connectivity index (χ1) is 6.13. The van der Waals surface area contributed by atoms with Crippen LogP contribution in [0.2, 0.25) is 0 Å². The highest BCUT2D eigenvalue weighted by atomic mass is 16.4. The summed E-state index contributed by atoms with van der Waals surface area (Å²) in [7, 11) is 0. The molecule has 0 saturated heterocycles. The zero-order chi connectivity index (χ0) is 9.84. The van der Waals surface area contributed by atoms with Crippen molar-refractivity contribution in [2.24, 2.45) is 0 Å². The number of nitrogens with zero attached hydrogens (tertiary/aromatic N) is 3. The summed E-state index contributed by atoms with van der Waals surface area (Å²) < 4.78 is 1.16. The third-order valence-corrected chi connectivity index (χ3v) is 1.29. The van der Waals surface area contributed by atoms with Gasteiger partial charge in [0.25, 0.3) is 5.56 Å². The monoisotopic (exact) mass is 179 g/mol. The molecule has 0 atom stereocenters. The summed E-state index contributed by atoms with van der Waals surface area (Å²) in [5.41, 5.74) is -0.812. The summed E-state index contributed by atoms with van der Waals surface area (Å²) in [6.07, 6.45) is 2.24. The predicted molar refractivity (Wildman–Crippen MR) is 40.8 cm³/mol. The number of carboxylic acid groups (broad SMARTS) is 1. The SMILES string of the molecule is N#Cc1cn(CC(=O)O)cnc1=O. The van der Waals surface area contributed by atoms with Crippen molar-refractivity contribution in [3.63, 3.8) is 0 Å². The van der Waals surface area contributed by atoms with Crippen molar-refractivity contribution in [3.8, 4) is 6.07 Å². The van der Waals surface area contributed by atoms with Crippen molar-refractivity contribution in [2.45, 2.75) is 6.54 Å². The standard InChI is InChI=1S/C7H5N3O3/c8-1-5-2-10(3-6(11)12)4-9-7(5)13/h2,4H,3H2,(H,11,12). The Hall–Kier alpha value is -2.16. The minimum absolute atomic E-state index is 0.163. The summed E-state index contributed by atoms with van der Waals surface area (Å²) in [5, 5.41) is 16.8. The van der Waals surface area contributed by atoms with Crippen LogP contribution in [0.5, 0.6) is 0 Å². The molecule has 0 radical (unpaired) electrons. The van der Waals surface area contributed by atoms with Gasteiger partial charge in [-0.2, -0.15) is 10.2 Å². The number of hydrogen-bond acceptors (Lipinski definition) is 4. The third-order valence-electron chi connectivity index (χ3n) is 1.29. The van der Waals surface area contributed by atoms with Crippen LogP contribution >= 0.6 is 0 Å². The lowest BCUT2D eigenvalue weighted by molar-refractivity contribution is -0.137. The molecule has 0 aliphatic rings. The fourth-order valence-corrected chi connectivity index (χ4v) is 0.770. The molecule has 0 amide bonds. The summed E-state index contributed by atoms with van der Waals surface area (Å²) in [6.45, 7) is -0.317. The fraction of sp³-hybridized carbons (Fsp3) is 0.143. The van der Waals surface area contributed by atoms with E-state index in [2.05, 4.69) is 4.98 Å². The van der Waals surface area contributed by atoms with E-state index in [0.717, 1.165) is 17.1 Å². The average molecular weight is 179 g/mol. The molecular weight excluding hydrogens is 174 g/mol. The van der Waals surface area contributed by atoms with Crippen LogP contribution in [-0.2, 0) is 11.3 Å². The minimum atomic E-state index is -1.06. The van der Waals surface area contributed by atoms with Crippen LogP contribution in [0, 0.1) is 11.3 Å². The molecule has 66 valence electrons. The van der Waals surface area contributed by atoms with Crippen molar-refractivity contribution < 1.29 is 9.90 Å². The van der Waals surface area contributed by atoms with E-state index in [1.54, 1.807) is 6.07 Å². The number of nitriles is 1. The van der Waals surface area contributed by atoms with Crippen LogP contribution < -0.4 is 5.56 Å². The molecule has 0 spiro atoms. The maximum absolute atomic E-state index is 10.8. The van der Waals surface area contributed by atoms with E-state index in [-0.39, 0.29) is 12.1 Å². The highest BCUT2D eigenvalue weighted by Crippen LogP contribution is 1.88. The van der Waals surface area contributed by atoms with E-state index in [1.165, 1.54) is 0 Å². The van der Waals surface area contributed by atoms with Gasteiger partial charge in [0.2, 0.25) is 0 Å². The molecule has 1 aromatic rings. The van der Waals surface area contributed by atoms with E-state index >= 15 is 0 Å². The molecule has 0 aromatic carbocycles. The molecule has 0 fully saturated rings. The second-order valence-electron chi connectivity index (χ2n) is 2.27. The minimum Gasteiger partial charge on any atom is -0.480 e. The smallest absolute Gasteiger partial charge is 0.323 e. The summed E-state index contributed by atoms with van der Waals surface area (Å²) in [6, 6.07) is 1.62. The van der Waals surface area contributed by atoms with Crippen molar-refractivity contribution in [1.29, 1.82) is 5.26 Å². The number of aromatic nitrogens is 2. The predicted octanol–water partition coefficient (Wildman–Crippen LogP) is -0.800. The van der Waals surface area contributed by atoms with Gasteiger partial charge < -0.3 is 9.67 Å². The zero-order valence-corrected chi connectivity index (χ0v) is 6.47. The van der Waals surface area contributed by atoms with E-state index in [9.17, 15) is 9.59 Å². The molecule has 1 heterocycles. The van der Waals surface area contributed by atoms with Crippen LogP contribution in [0.25, 0.3) is 0 Å². The van der Waals surface area contributed by atoms with E-state index in [4.69, 9.17) is 10.4 Å². The van der Waals surface area contributed by atoms with Gasteiger partial charge in [0.15, 0.2) is 0 Å². The van der Waals surface area contributed by atoms with Crippen LogP contribution in [0.1, 0.15) is 5.56 Å². The van der Waals surface area contributed by atoms with Crippen LogP contribution in [0.3, 0.4) is 0 Å². The molecule has 13 heavy (non-hydrogen) atoms. The molecule has 0 aliphatic heterocycles. The first-order valence-electron chi connectivity index (χ1n) is 3.31. The normalized spacial score (nSPS) is 9.15. The molecule has 6 heteroatoms. The van der Waals surface area contributed by atoms with Gasteiger partial charge in [0.1, 0.15) is 18.2 Å². The summed E-state index contributed by atoms with van der Waals surface area (Å²) >= 11 is 0. The third kappa shape index (κ3) is 2.13. The number of carboxylic acids is 1. The Bertz CT molecular complexity index is 429. The van der Waals surface area contributed by atoms with Crippen molar-refractivity contribution in [3.05, 3.63) is 28.4 Å². The maximum Gasteiger partial charge on any atom is 0.323 e. The lowest BCUT2D eigenvalue weighted by atomic mass is 10.4. The first-order valence-corrected chi connectivity index (χ1v) is 3.31. The molecule has 1 aromatic heterocycles. The topological polar surface area (TPSA) is 96.0 Å². The van der Waals surface area contributed by atoms with Gasteiger partial charge in [-0.15, -0.1) is 0 Å². The Morgan fingerprint density at radius 1 is 1.77 bits per heavy atom. The summed E-state index contributed by atoms with van der Waals surface area (Å²) in [4.78, 5) is 24.4. The van der Waals surface area contributed by atoms with Gasteiger partial charge in [0, 0.05) is 6.20 Å². The Morgan fingerprint density at radius 3 is 3.00 bits per heavy atom. The van der Waals surface area contributed by atoms with Crippen LogP contribution in [-0.4, -0.2) is 20.6 Å². The largest absolute Gasteiger partial charge is 0.480 e. The van der Waals surface area contributed by atoms with Crippen LogP contribution in [0.15, 0.2) is 17.3 Å². The quantitative estimate of drug-likeness (QED) is 0.641. The zero-order valence-electron chi connectivity index (χ0n) is 6.47. The van der Waals surface area contributed by atoms with Gasteiger partial charge in [0.05, 0.1) is 6.33 Å². The lowest BCUT2D eigenvalue weighted by Gasteiger charge is -1.99. The molecule has 0 saturated carbocycles. The average Bonchev–Trinajstić information content (AvgIpc) is 2.07. The Kier molecular flexibility index (Phi) is 2.40. The number of aliphatic carboxylic acids is 1. The Balaban J connectivity index is 3.08. The Morgan fingerprint density at radius 2 is 2.46 bits per heavy atom. The molecule has 0 bridgehead atoms. The van der Waals surface area contributed by atoms with Gasteiger partial charge in [-0.25, -0.2) is 0 Å². The van der Waals surface area contributed by atoms with E-state index < -0.39 is 11.5 Å². The van der Waals surface area contributed by atoms with E-state index in [0.29, 0.717) is 0 Å². The highest BCUT2D eigenvalue weighted by Gasteiger charge is 2.02. The number of carbonyl (C=O) groups is 1. The van der Waals surface area contributed by atoms with Crippen molar-refractivity contribution in [2.75, 3.05) is 0 Å². The second kappa shape index (κ2) is 3.49. The van der Waals surface area contributed by atoms with Gasteiger partial charge in [-0.05, 0) is 0 Å². The molecule has 0 unspecified atom stereocenters. The molecule has 1 N–H and O–H groups in total. The van der Waals surface area contributed by atoms with E-state index in [1.807, 2.05) is 0 Å². The van der Waals surface area contributed by atoms with Gasteiger partial charge >= 0.3 is 5.97 Å². The second-order valence-corrected chi connectivity index (χ2v) is 2.27. The highest BCUT2D eigenvalue weighted by molar-refractivity contribution is 5.66. The van der Waals surface area contributed by atoms with Crippen LogP contribution in [0.4, 0.5) is 0 Å². The molecular formula is C7H5N3O3. The molecule has 0 aliphatic carbocycles. The molecule has 1 rings (SSSR count). The lowest BCUT2D eigenvalue weighted by Crippen LogP contribution is -2.17. The summed E-state index contributed by atoms with van der Waals surface area (Å²) in [5.74, 6) is -1.06. The number of hydrogen-bond donors (Lipinski definition) is 1. The molecule has 6 nitrogen and oxygen atoms in total. The van der Waals surface area contributed by atoms with Gasteiger partial charge in [-0.3, -0.25) is 9.59 Å². The van der Waals surface area contributed by atoms with Crippen molar-refractivity contribution >= 4 is 5.97 Å². The first kappa shape index (κ1) is 8.93. The van der Waals surface area contributed by atoms with Crippen molar-refractivity contribution in [1.82, 2.24) is 9.55 Å². The number of rotatable bonds is 2.